The summed E-state index contributed by atoms with van der Waals surface area (Å²) in [6.45, 7) is 3.41. The lowest BCUT2D eigenvalue weighted by atomic mass is 10.3. The third-order valence-corrected chi connectivity index (χ3v) is 1.72. The van der Waals surface area contributed by atoms with Crippen molar-refractivity contribution in [3.05, 3.63) is 49.3 Å². The van der Waals surface area contributed by atoms with E-state index in [2.05, 4.69) is 11.9 Å². The van der Waals surface area contributed by atoms with Crippen LogP contribution in [0.3, 0.4) is 0 Å². The summed E-state index contributed by atoms with van der Waals surface area (Å²) in [5, 5.41) is 10.8. The van der Waals surface area contributed by atoms with Gasteiger partial charge in [-0.1, -0.05) is 6.58 Å². The minimum absolute atomic E-state index is 0.509. The van der Waals surface area contributed by atoms with Gasteiger partial charge in [0.2, 0.25) is 5.91 Å². The number of anilines is 1. The molecule has 1 aromatic carbocycles. The molecule has 0 atom stereocenters. The van der Waals surface area contributed by atoms with Crippen LogP contribution >= 0.6 is 0 Å². The molecule has 5 nitrogen and oxygen atoms in total. The highest BCUT2D eigenvalue weighted by Crippen LogP contribution is 2.15. The number of carbonyl (C=O) groups is 2. The molecule has 2 N–H and O–H groups in total. The summed E-state index contributed by atoms with van der Waals surface area (Å²) in [6, 6.07) is 6.56. The highest BCUT2D eigenvalue weighted by molar-refractivity contribution is 6.02. The molecule has 0 radical (unpaired) electrons. The fourth-order valence-electron chi connectivity index (χ4n) is 1.04. The van der Waals surface area contributed by atoms with Crippen molar-refractivity contribution in [3.63, 3.8) is 0 Å². The Kier molecular flexibility index (Phi) is 4.50. The largest absolute Gasteiger partial charge is 0.478 e. The Balaban J connectivity index is 2.60. The Morgan fingerprint density at radius 3 is 2.41 bits per heavy atom. The molecule has 17 heavy (non-hydrogen) atoms. The Morgan fingerprint density at radius 2 is 1.88 bits per heavy atom. The number of aliphatic carboxylic acids is 1. The van der Waals surface area contributed by atoms with Gasteiger partial charge in [-0.15, -0.1) is 0 Å². The van der Waals surface area contributed by atoms with Gasteiger partial charge in [-0.05, 0) is 24.3 Å². The van der Waals surface area contributed by atoms with Gasteiger partial charge in [0.15, 0.2) is 0 Å². The van der Waals surface area contributed by atoms with E-state index in [4.69, 9.17) is 9.84 Å². The van der Waals surface area contributed by atoms with Gasteiger partial charge in [-0.3, -0.25) is 4.79 Å². The van der Waals surface area contributed by atoms with Crippen LogP contribution in [0.15, 0.2) is 49.3 Å². The minimum Gasteiger partial charge on any atom is -0.478 e. The van der Waals surface area contributed by atoms with Crippen molar-refractivity contribution in [3.8, 4) is 5.75 Å². The molecule has 0 bridgehead atoms. The Hall–Kier alpha value is -2.56. The van der Waals surface area contributed by atoms with Crippen molar-refractivity contribution in [2.45, 2.75) is 0 Å². The van der Waals surface area contributed by atoms with Crippen LogP contribution in [0, 0.1) is 0 Å². The van der Waals surface area contributed by atoms with Crippen molar-refractivity contribution in [1.29, 1.82) is 0 Å². The molecule has 0 spiro atoms. The van der Waals surface area contributed by atoms with Gasteiger partial charge in [0.1, 0.15) is 5.75 Å². The van der Waals surface area contributed by atoms with Crippen LogP contribution in [-0.2, 0) is 9.59 Å². The van der Waals surface area contributed by atoms with Crippen molar-refractivity contribution in [1.82, 2.24) is 0 Å². The van der Waals surface area contributed by atoms with Crippen LogP contribution in [-0.4, -0.2) is 17.0 Å². The average Bonchev–Trinajstić information content (AvgIpc) is 2.29. The first kappa shape index (κ1) is 12.5. The average molecular weight is 233 g/mol. The fraction of sp³-hybridized carbons (Fsp3) is 0. The number of carbonyl (C=O) groups excluding carboxylic acids is 1. The van der Waals surface area contributed by atoms with E-state index < -0.39 is 11.9 Å². The van der Waals surface area contributed by atoms with E-state index in [-0.39, 0.29) is 0 Å². The summed E-state index contributed by atoms with van der Waals surface area (Å²) in [7, 11) is 0. The Labute approximate surface area is 98.0 Å². The van der Waals surface area contributed by atoms with Gasteiger partial charge >= 0.3 is 5.97 Å². The molecule has 0 saturated carbocycles. The maximum Gasteiger partial charge on any atom is 0.328 e. The predicted molar refractivity (Wildman–Crippen MR) is 62.7 cm³/mol. The van der Waals surface area contributed by atoms with Gasteiger partial charge in [0.25, 0.3) is 0 Å². The summed E-state index contributed by atoms with van der Waals surface area (Å²) in [5.74, 6) is -1.08. The van der Waals surface area contributed by atoms with Gasteiger partial charge in [0, 0.05) is 17.8 Å². The van der Waals surface area contributed by atoms with Crippen LogP contribution in [0.25, 0.3) is 0 Å². The quantitative estimate of drug-likeness (QED) is 0.600. The molecule has 1 rings (SSSR count). The zero-order chi connectivity index (χ0) is 12.7. The van der Waals surface area contributed by atoms with E-state index in [1.54, 1.807) is 24.3 Å². The lowest BCUT2D eigenvalue weighted by molar-refractivity contribution is -0.131. The van der Waals surface area contributed by atoms with Gasteiger partial charge in [0.05, 0.1) is 6.26 Å². The molecule has 0 aliphatic rings. The number of hydrogen-bond donors (Lipinski definition) is 2. The molecule has 0 unspecified atom stereocenters. The molecule has 88 valence electrons. The first-order chi connectivity index (χ1) is 8.11. The number of ether oxygens (including phenoxy) is 1. The highest BCUT2D eigenvalue weighted by Gasteiger charge is 1.99. The molecular weight excluding hydrogens is 222 g/mol. The zero-order valence-electron chi connectivity index (χ0n) is 8.92. The van der Waals surface area contributed by atoms with Crippen LogP contribution in [0.2, 0.25) is 0 Å². The number of hydrogen-bond acceptors (Lipinski definition) is 3. The molecule has 0 aromatic heterocycles. The van der Waals surface area contributed by atoms with Crippen molar-refractivity contribution in [2.75, 3.05) is 5.32 Å². The van der Waals surface area contributed by atoms with E-state index >= 15 is 0 Å². The predicted octanol–water partition coefficient (Wildman–Crippen LogP) is 1.79. The molecular formula is C12H11NO4. The Morgan fingerprint density at radius 1 is 1.24 bits per heavy atom. The lowest BCUT2D eigenvalue weighted by Gasteiger charge is -2.03. The maximum absolute atomic E-state index is 11.2. The summed E-state index contributed by atoms with van der Waals surface area (Å²) in [4.78, 5) is 21.4. The van der Waals surface area contributed by atoms with Gasteiger partial charge in [-0.25, -0.2) is 4.79 Å². The molecule has 1 amide bonds. The summed E-state index contributed by atoms with van der Waals surface area (Å²) in [5.41, 5.74) is 0.543. The van der Waals surface area contributed by atoms with Crippen LogP contribution < -0.4 is 10.1 Å². The maximum atomic E-state index is 11.2. The summed E-state index contributed by atoms with van der Waals surface area (Å²) < 4.78 is 5.00. The Bertz CT molecular complexity index is 448. The third kappa shape index (κ3) is 4.65. The second-order valence-corrected chi connectivity index (χ2v) is 2.97. The van der Waals surface area contributed by atoms with Gasteiger partial charge in [-0.2, -0.15) is 0 Å². The first-order valence-corrected chi connectivity index (χ1v) is 4.71. The summed E-state index contributed by atoms with van der Waals surface area (Å²) in [6.07, 6.45) is 3.00. The highest BCUT2D eigenvalue weighted by atomic mass is 16.5. The van der Waals surface area contributed by atoms with E-state index in [0.29, 0.717) is 11.4 Å². The first-order valence-electron chi connectivity index (χ1n) is 4.71. The van der Waals surface area contributed by atoms with Crippen LogP contribution in [0.4, 0.5) is 5.69 Å². The van der Waals surface area contributed by atoms with Crippen molar-refractivity contribution < 1.29 is 19.4 Å². The lowest BCUT2D eigenvalue weighted by Crippen LogP contribution is -2.08. The molecule has 5 heteroatoms. The fourth-order valence-corrected chi connectivity index (χ4v) is 1.04. The van der Waals surface area contributed by atoms with E-state index in [1.807, 2.05) is 0 Å². The monoisotopic (exact) mass is 233 g/mol. The summed E-state index contributed by atoms with van der Waals surface area (Å²) >= 11 is 0. The number of benzene rings is 1. The topological polar surface area (TPSA) is 75.6 Å². The number of amides is 1. The number of rotatable bonds is 5. The van der Waals surface area contributed by atoms with Crippen molar-refractivity contribution in [2.24, 2.45) is 0 Å². The standard InChI is InChI=1S/C12H11NO4/c1-2-17-10-5-3-9(4-6-10)13-11(14)7-8-12(15)16/h2-8H,1H2,(H,13,14)(H,15,16)/b8-7+. The molecule has 0 saturated heterocycles. The van der Waals surface area contributed by atoms with E-state index in [0.717, 1.165) is 12.2 Å². The number of nitrogens with one attached hydrogen (secondary N) is 1. The smallest absolute Gasteiger partial charge is 0.328 e. The molecule has 0 aliphatic heterocycles. The normalized spacial score (nSPS) is 9.88. The van der Waals surface area contributed by atoms with Crippen LogP contribution in [0.5, 0.6) is 5.75 Å². The molecule has 0 fully saturated rings. The zero-order valence-corrected chi connectivity index (χ0v) is 8.92. The van der Waals surface area contributed by atoms with E-state index in [1.165, 1.54) is 6.26 Å². The van der Waals surface area contributed by atoms with E-state index in [9.17, 15) is 9.59 Å². The molecule has 1 aromatic rings. The SMILES string of the molecule is C=COc1ccc(NC(=O)/C=C/C(=O)O)cc1. The van der Waals surface area contributed by atoms with Gasteiger partial charge < -0.3 is 15.2 Å². The van der Waals surface area contributed by atoms with Crippen molar-refractivity contribution >= 4 is 17.6 Å². The molecule has 0 aliphatic carbocycles. The molecule has 0 heterocycles. The number of carboxylic acid groups (broad SMARTS) is 1. The number of carboxylic acids is 1. The van der Waals surface area contributed by atoms with Crippen LogP contribution in [0.1, 0.15) is 0 Å². The second-order valence-electron chi connectivity index (χ2n) is 2.97. The third-order valence-electron chi connectivity index (χ3n) is 1.72. The minimum atomic E-state index is -1.17. The second kappa shape index (κ2) is 6.12.